The third-order valence-corrected chi connectivity index (χ3v) is 4.90. The van der Waals surface area contributed by atoms with Gasteiger partial charge >= 0.3 is 0 Å². The number of hydrogen-bond donors (Lipinski definition) is 1. The first-order valence-corrected chi connectivity index (χ1v) is 8.72. The average Bonchev–Trinajstić information content (AvgIpc) is 3.20. The second-order valence-corrected chi connectivity index (χ2v) is 6.36. The first-order chi connectivity index (χ1) is 12.3. The highest BCUT2D eigenvalue weighted by atomic mass is 16.2. The number of carbonyl (C=O) groups excluding carboxylic acids is 1. The van der Waals surface area contributed by atoms with Gasteiger partial charge in [0, 0.05) is 38.1 Å². The van der Waals surface area contributed by atoms with Gasteiger partial charge in [-0.05, 0) is 29.7 Å². The molecule has 25 heavy (non-hydrogen) atoms. The zero-order chi connectivity index (χ0) is 17.2. The van der Waals surface area contributed by atoms with Crippen LogP contribution in [0.4, 0.5) is 11.4 Å². The Morgan fingerprint density at radius 1 is 1.08 bits per heavy atom. The fourth-order valence-electron chi connectivity index (χ4n) is 3.69. The molecule has 2 aromatic rings. The molecule has 0 radical (unpaired) electrons. The van der Waals surface area contributed by atoms with E-state index in [0.29, 0.717) is 19.5 Å². The lowest BCUT2D eigenvalue weighted by atomic mass is 10.2. The molecule has 0 unspecified atom stereocenters. The maximum atomic E-state index is 12.3. The summed E-state index contributed by atoms with van der Waals surface area (Å²) in [5.74, 6) is 1.04. The topological polar surface area (TPSA) is 47.9 Å². The molecule has 1 N–H and O–H groups in total. The molecule has 0 saturated heterocycles. The van der Waals surface area contributed by atoms with Gasteiger partial charge in [0.2, 0.25) is 5.91 Å². The zero-order valence-electron chi connectivity index (χ0n) is 14.4. The second kappa shape index (κ2) is 6.59. The van der Waals surface area contributed by atoms with Gasteiger partial charge in [0.25, 0.3) is 0 Å². The molecule has 2 heterocycles. The summed E-state index contributed by atoms with van der Waals surface area (Å²) in [5, 5.41) is 3.41. The summed E-state index contributed by atoms with van der Waals surface area (Å²) in [6, 6.07) is 16.5. The third-order valence-electron chi connectivity index (χ3n) is 4.90. The molecule has 2 aromatic carbocycles. The number of fused-ring (bicyclic) bond motifs is 2. The molecule has 2 aliphatic rings. The van der Waals surface area contributed by atoms with Gasteiger partial charge in [-0.15, -0.1) is 0 Å². The van der Waals surface area contributed by atoms with Gasteiger partial charge in [0.05, 0.1) is 6.42 Å². The highest BCUT2D eigenvalue weighted by molar-refractivity contribution is 6.01. The van der Waals surface area contributed by atoms with Crippen LogP contribution < -0.4 is 15.1 Å². The van der Waals surface area contributed by atoms with Crippen molar-refractivity contribution in [3.05, 3.63) is 59.7 Å². The van der Waals surface area contributed by atoms with Crippen LogP contribution in [0.1, 0.15) is 11.1 Å². The Morgan fingerprint density at radius 2 is 1.80 bits per heavy atom. The first kappa shape index (κ1) is 15.7. The number of rotatable bonds is 3. The number of benzene rings is 2. The Kier molecular flexibility index (Phi) is 4.14. The minimum Gasteiger partial charge on any atom is -0.354 e. The van der Waals surface area contributed by atoms with E-state index in [4.69, 9.17) is 0 Å². The number of amides is 1. The monoisotopic (exact) mass is 334 g/mol. The molecule has 128 valence electrons. The molecule has 5 heteroatoms. The number of aliphatic imine (C=N–C) groups is 1. The number of anilines is 2. The van der Waals surface area contributed by atoms with E-state index in [1.807, 2.05) is 29.2 Å². The first-order valence-electron chi connectivity index (χ1n) is 8.72. The van der Waals surface area contributed by atoms with Crippen molar-refractivity contribution >= 4 is 23.2 Å². The van der Waals surface area contributed by atoms with Crippen LogP contribution in [0.5, 0.6) is 0 Å². The van der Waals surface area contributed by atoms with Crippen LogP contribution in [-0.2, 0) is 17.6 Å². The molecular formula is C20H22N4O. The number of para-hydroxylation sites is 2. The van der Waals surface area contributed by atoms with Crippen LogP contribution in [0.2, 0.25) is 0 Å². The molecular weight excluding hydrogens is 312 g/mol. The maximum Gasteiger partial charge on any atom is 0.231 e. The van der Waals surface area contributed by atoms with Crippen LogP contribution in [0.15, 0.2) is 53.5 Å². The minimum atomic E-state index is 0.171. The summed E-state index contributed by atoms with van der Waals surface area (Å²) in [6.45, 7) is 2.25. The molecule has 0 fully saturated rings. The Bertz CT molecular complexity index is 830. The van der Waals surface area contributed by atoms with E-state index in [2.05, 4.69) is 39.5 Å². The number of guanidine groups is 1. The van der Waals surface area contributed by atoms with Crippen molar-refractivity contribution in [1.29, 1.82) is 0 Å². The predicted molar refractivity (Wildman–Crippen MR) is 101 cm³/mol. The smallest absolute Gasteiger partial charge is 0.231 e. The Balaban J connectivity index is 1.41. The van der Waals surface area contributed by atoms with E-state index in [-0.39, 0.29) is 5.91 Å². The van der Waals surface area contributed by atoms with E-state index in [9.17, 15) is 4.79 Å². The van der Waals surface area contributed by atoms with Crippen LogP contribution in [0.3, 0.4) is 0 Å². The molecule has 1 amide bonds. The summed E-state index contributed by atoms with van der Waals surface area (Å²) in [7, 11) is 1.81. The van der Waals surface area contributed by atoms with Crippen molar-refractivity contribution in [3.8, 4) is 0 Å². The van der Waals surface area contributed by atoms with Gasteiger partial charge in [0.15, 0.2) is 5.96 Å². The lowest BCUT2D eigenvalue weighted by Crippen LogP contribution is -2.44. The van der Waals surface area contributed by atoms with Crippen molar-refractivity contribution in [3.63, 3.8) is 0 Å². The molecule has 5 nitrogen and oxygen atoms in total. The van der Waals surface area contributed by atoms with Crippen LogP contribution in [-0.4, -0.2) is 38.5 Å². The van der Waals surface area contributed by atoms with E-state index < -0.39 is 0 Å². The molecule has 0 saturated carbocycles. The zero-order valence-corrected chi connectivity index (χ0v) is 14.4. The van der Waals surface area contributed by atoms with Gasteiger partial charge in [-0.1, -0.05) is 36.4 Å². The van der Waals surface area contributed by atoms with E-state index in [0.717, 1.165) is 30.2 Å². The Hall–Kier alpha value is -2.82. The van der Waals surface area contributed by atoms with Crippen molar-refractivity contribution < 1.29 is 4.79 Å². The molecule has 2 aliphatic heterocycles. The average molecular weight is 334 g/mol. The standard InChI is InChI=1S/C20H22N4O/c1-21-20(24-12-10-15-6-2-4-8-17(15)24)22-11-13-23-18-9-5-3-7-16(18)14-19(23)25/h2-9H,10-14H2,1H3,(H,21,22). The Morgan fingerprint density at radius 3 is 2.60 bits per heavy atom. The SMILES string of the molecule is CN=C(NCCN1C(=O)Cc2ccccc21)N1CCc2ccccc21. The summed E-state index contributed by atoms with van der Waals surface area (Å²) in [4.78, 5) is 20.8. The molecule has 0 atom stereocenters. The van der Waals surface area contributed by atoms with Gasteiger partial charge in [-0.2, -0.15) is 0 Å². The normalized spacial score (nSPS) is 16.2. The van der Waals surface area contributed by atoms with Gasteiger partial charge in [0.1, 0.15) is 0 Å². The molecule has 0 aromatic heterocycles. The van der Waals surface area contributed by atoms with Crippen molar-refractivity contribution in [2.45, 2.75) is 12.8 Å². The van der Waals surface area contributed by atoms with Crippen LogP contribution >= 0.6 is 0 Å². The van der Waals surface area contributed by atoms with E-state index in [1.54, 1.807) is 7.05 Å². The second-order valence-electron chi connectivity index (χ2n) is 6.36. The van der Waals surface area contributed by atoms with Gasteiger partial charge < -0.3 is 15.1 Å². The van der Waals surface area contributed by atoms with E-state index in [1.165, 1.54) is 11.3 Å². The number of nitrogens with one attached hydrogen (secondary N) is 1. The van der Waals surface area contributed by atoms with Crippen molar-refractivity contribution in [2.24, 2.45) is 4.99 Å². The summed E-state index contributed by atoms with van der Waals surface area (Å²) in [5.41, 5.74) is 4.73. The third kappa shape index (κ3) is 2.86. The van der Waals surface area contributed by atoms with Crippen molar-refractivity contribution in [2.75, 3.05) is 36.5 Å². The fourth-order valence-corrected chi connectivity index (χ4v) is 3.69. The summed E-state index contributed by atoms with van der Waals surface area (Å²) < 4.78 is 0. The lowest BCUT2D eigenvalue weighted by molar-refractivity contribution is -0.117. The highest BCUT2D eigenvalue weighted by Gasteiger charge is 2.27. The quantitative estimate of drug-likeness (QED) is 0.692. The molecule has 0 spiro atoms. The molecule has 0 bridgehead atoms. The van der Waals surface area contributed by atoms with Gasteiger partial charge in [-0.25, -0.2) is 0 Å². The largest absolute Gasteiger partial charge is 0.354 e. The predicted octanol–water partition coefficient (Wildman–Crippen LogP) is 2.21. The highest BCUT2D eigenvalue weighted by Crippen LogP contribution is 2.28. The molecule has 0 aliphatic carbocycles. The summed E-state index contributed by atoms with van der Waals surface area (Å²) >= 11 is 0. The van der Waals surface area contributed by atoms with Gasteiger partial charge in [-0.3, -0.25) is 9.79 Å². The van der Waals surface area contributed by atoms with Crippen LogP contribution in [0, 0.1) is 0 Å². The Labute approximate surface area is 148 Å². The fraction of sp³-hybridized carbons (Fsp3) is 0.300. The maximum absolute atomic E-state index is 12.3. The number of nitrogens with zero attached hydrogens (tertiary/aromatic N) is 3. The number of hydrogen-bond acceptors (Lipinski definition) is 2. The lowest BCUT2D eigenvalue weighted by Gasteiger charge is -2.24. The van der Waals surface area contributed by atoms with E-state index >= 15 is 0 Å². The summed E-state index contributed by atoms with van der Waals surface area (Å²) in [6.07, 6.45) is 1.54. The number of carbonyl (C=O) groups is 1. The minimum absolute atomic E-state index is 0.171. The molecule has 4 rings (SSSR count). The van der Waals surface area contributed by atoms with Crippen molar-refractivity contribution in [1.82, 2.24) is 5.32 Å². The van der Waals surface area contributed by atoms with Crippen LogP contribution in [0.25, 0.3) is 0 Å².